The fraction of sp³-hybridized carbons (Fsp3) is 0.348. The first kappa shape index (κ1) is 23.4. The molecule has 2 aromatic carbocycles. The van der Waals surface area contributed by atoms with Crippen LogP contribution >= 0.6 is 11.6 Å². The van der Waals surface area contributed by atoms with E-state index in [1.54, 1.807) is 13.0 Å². The van der Waals surface area contributed by atoms with Crippen LogP contribution in [-0.2, 0) is 14.8 Å². The Morgan fingerprint density at radius 3 is 2.64 bits per heavy atom. The minimum atomic E-state index is -3.93. The predicted molar refractivity (Wildman–Crippen MR) is 126 cm³/mol. The van der Waals surface area contributed by atoms with Crippen molar-refractivity contribution < 1.29 is 17.7 Å². The van der Waals surface area contributed by atoms with Crippen LogP contribution in [0.4, 0.5) is 5.69 Å². The number of nitrogens with zero attached hydrogens (tertiary/aromatic N) is 3. The Kier molecular flexibility index (Phi) is 6.56. The van der Waals surface area contributed by atoms with E-state index in [2.05, 4.69) is 15.5 Å². The molecular weight excluding hydrogens is 464 g/mol. The number of aryl methyl sites for hydroxylation is 3. The van der Waals surface area contributed by atoms with Crippen LogP contribution in [0.15, 0.2) is 45.8 Å². The molecular formula is C23H25ClN4O4S. The number of sulfonamides is 1. The first-order chi connectivity index (χ1) is 15.6. The van der Waals surface area contributed by atoms with Gasteiger partial charge in [0.1, 0.15) is 4.90 Å². The van der Waals surface area contributed by atoms with Crippen LogP contribution in [-0.4, -0.2) is 41.9 Å². The summed E-state index contributed by atoms with van der Waals surface area (Å²) in [6, 6.07) is 10.3. The first-order valence-corrected chi connectivity index (χ1v) is 12.5. The van der Waals surface area contributed by atoms with E-state index in [1.165, 1.54) is 16.4 Å². The highest BCUT2D eigenvalue weighted by atomic mass is 35.5. The SMILES string of the molecule is Cc1nc(-c2ccc(Cl)c(S(=O)(=O)N3CCC[C@@H](C(=O)Nc4ccc(C)c(C)c4)C3)c2)no1. The topological polar surface area (TPSA) is 105 Å². The zero-order valence-electron chi connectivity index (χ0n) is 18.6. The van der Waals surface area contributed by atoms with Crippen LogP contribution in [0.25, 0.3) is 11.4 Å². The lowest BCUT2D eigenvalue weighted by atomic mass is 9.98. The molecule has 0 saturated carbocycles. The van der Waals surface area contributed by atoms with Gasteiger partial charge in [0, 0.05) is 31.3 Å². The zero-order chi connectivity index (χ0) is 23.8. The van der Waals surface area contributed by atoms with Crippen molar-refractivity contribution in [2.24, 2.45) is 5.92 Å². The molecule has 1 saturated heterocycles. The van der Waals surface area contributed by atoms with Crippen molar-refractivity contribution in [2.75, 3.05) is 18.4 Å². The predicted octanol–water partition coefficient (Wildman–Crippen LogP) is 4.35. The summed E-state index contributed by atoms with van der Waals surface area (Å²) in [4.78, 5) is 17.0. The molecule has 1 N–H and O–H groups in total. The molecule has 0 radical (unpaired) electrons. The summed E-state index contributed by atoms with van der Waals surface area (Å²) in [5.74, 6) is 0.000130. The van der Waals surface area contributed by atoms with E-state index in [4.69, 9.17) is 16.1 Å². The lowest BCUT2D eigenvalue weighted by molar-refractivity contribution is -0.120. The van der Waals surface area contributed by atoms with Gasteiger partial charge >= 0.3 is 0 Å². The molecule has 10 heteroatoms. The molecule has 0 bridgehead atoms. The van der Waals surface area contributed by atoms with Crippen molar-refractivity contribution in [3.8, 4) is 11.4 Å². The molecule has 174 valence electrons. The smallest absolute Gasteiger partial charge is 0.244 e. The van der Waals surface area contributed by atoms with E-state index in [-0.39, 0.29) is 28.2 Å². The second-order valence-electron chi connectivity index (χ2n) is 8.27. The summed E-state index contributed by atoms with van der Waals surface area (Å²) in [6.07, 6.45) is 1.18. The molecule has 8 nitrogen and oxygen atoms in total. The third-order valence-electron chi connectivity index (χ3n) is 5.86. The fourth-order valence-corrected chi connectivity index (χ4v) is 5.86. The second kappa shape index (κ2) is 9.24. The molecule has 4 rings (SSSR count). The minimum absolute atomic E-state index is 0.0423. The van der Waals surface area contributed by atoms with Crippen molar-refractivity contribution in [3.63, 3.8) is 0 Å². The van der Waals surface area contributed by atoms with Gasteiger partial charge in [-0.3, -0.25) is 4.79 Å². The number of rotatable bonds is 5. The lowest BCUT2D eigenvalue weighted by Gasteiger charge is -2.31. The zero-order valence-corrected chi connectivity index (χ0v) is 20.2. The van der Waals surface area contributed by atoms with Gasteiger partial charge in [0.05, 0.1) is 10.9 Å². The van der Waals surface area contributed by atoms with Gasteiger partial charge in [0.2, 0.25) is 27.6 Å². The molecule has 1 aliphatic rings. The Hall–Kier alpha value is -2.75. The summed E-state index contributed by atoms with van der Waals surface area (Å²) in [7, 11) is -3.93. The van der Waals surface area contributed by atoms with E-state index in [0.29, 0.717) is 36.5 Å². The van der Waals surface area contributed by atoms with Crippen molar-refractivity contribution >= 4 is 33.2 Å². The maximum atomic E-state index is 13.5. The molecule has 0 aliphatic carbocycles. The number of aromatic nitrogens is 2. The summed E-state index contributed by atoms with van der Waals surface area (Å²) >= 11 is 6.28. The Morgan fingerprint density at radius 1 is 1.15 bits per heavy atom. The van der Waals surface area contributed by atoms with Crippen LogP contribution in [0, 0.1) is 26.7 Å². The second-order valence-corrected chi connectivity index (χ2v) is 10.6. The van der Waals surface area contributed by atoms with Gasteiger partial charge in [0.15, 0.2) is 0 Å². The lowest BCUT2D eigenvalue weighted by Crippen LogP contribution is -2.43. The van der Waals surface area contributed by atoms with Gasteiger partial charge in [-0.1, -0.05) is 22.8 Å². The summed E-state index contributed by atoms with van der Waals surface area (Å²) in [5, 5.41) is 6.87. The van der Waals surface area contributed by atoms with Gasteiger partial charge in [0.25, 0.3) is 0 Å². The van der Waals surface area contributed by atoms with Crippen molar-refractivity contribution in [1.29, 1.82) is 0 Å². The Balaban J connectivity index is 1.54. The van der Waals surface area contributed by atoms with E-state index >= 15 is 0 Å². The number of carbonyl (C=O) groups excluding carboxylic acids is 1. The number of amides is 1. The van der Waals surface area contributed by atoms with Gasteiger partial charge < -0.3 is 9.84 Å². The van der Waals surface area contributed by atoms with Crippen LogP contribution in [0.1, 0.15) is 29.9 Å². The number of anilines is 1. The summed E-state index contributed by atoms with van der Waals surface area (Å²) in [6.45, 7) is 6.04. The number of carbonyl (C=O) groups is 1. The van der Waals surface area contributed by atoms with Crippen molar-refractivity contribution in [2.45, 2.75) is 38.5 Å². The minimum Gasteiger partial charge on any atom is -0.339 e. The Bertz CT molecular complexity index is 1310. The van der Waals surface area contributed by atoms with Crippen LogP contribution < -0.4 is 5.32 Å². The van der Waals surface area contributed by atoms with E-state index in [9.17, 15) is 13.2 Å². The molecule has 33 heavy (non-hydrogen) atoms. The Morgan fingerprint density at radius 2 is 1.94 bits per heavy atom. The van der Waals surface area contributed by atoms with Crippen LogP contribution in [0.5, 0.6) is 0 Å². The van der Waals surface area contributed by atoms with Gasteiger partial charge in [-0.2, -0.15) is 9.29 Å². The largest absolute Gasteiger partial charge is 0.339 e. The highest BCUT2D eigenvalue weighted by Crippen LogP contribution is 2.32. The average molecular weight is 489 g/mol. The van der Waals surface area contributed by atoms with E-state index < -0.39 is 15.9 Å². The summed E-state index contributed by atoms with van der Waals surface area (Å²) in [5.41, 5.74) is 3.40. The normalized spacial score (nSPS) is 17.2. The standard InChI is InChI=1S/C23H25ClN4O4S/c1-14-6-8-19(11-15(14)2)26-23(29)18-5-4-10-28(13-18)33(30,31)21-12-17(7-9-20(21)24)22-25-16(3)32-27-22/h6-9,11-12,18H,4-5,10,13H2,1-3H3,(H,26,29)/t18-/m1/s1. The number of piperidine rings is 1. The van der Waals surface area contributed by atoms with Crippen LogP contribution in [0.2, 0.25) is 5.02 Å². The molecule has 3 aromatic rings. The monoisotopic (exact) mass is 488 g/mol. The third kappa shape index (κ3) is 4.95. The van der Waals surface area contributed by atoms with Crippen molar-refractivity contribution in [1.82, 2.24) is 14.4 Å². The molecule has 0 unspecified atom stereocenters. The molecule has 1 aromatic heterocycles. The number of halogens is 1. The molecule has 1 amide bonds. The Labute approximate surface area is 198 Å². The van der Waals surface area contributed by atoms with Crippen LogP contribution in [0.3, 0.4) is 0 Å². The fourth-order valence-electron chi connectivity index (χ4n) is 3.83. The number of benzene rings is 2. The molecule has 0 spiro atoms. The maximum Gasteiger partial charge on any atom is 0.244 e. The number of nitrogens with one attached hydrogen (secondary N) is 1. The number of hydrogen-bond acceptors (Lipinski definition) is 6. The maximum absolute atomic E-state index is 13.5. The van der Waals surface area contributed by atoms with Gasteiger partial charge in [-0.05, 0) is 68.1 Å². The van der Waals surface area contributed by atoms with Crippen molar-refractivity contribution in [3.05, 3.63) is 58.4 Å². The molecule has 1 atom stereocenters. The molecule has 1 fully saturated rings. The highest BCUT2D eigenvalue weighted by molar-refractivity contribution is 7.89. The first-order valence-electron chi connectivity index (χ1n) is 10.6. The third-order valence-corrected chi connectivity index (χ3v) is 8.21. The van der Waals surface area contributed by atoms with E-state index in [1.807, 2.05) is 32.0 Å². The average Bonchev–Trinajstić information content (AvgIpc) is 3.23. The summed E-state index contributed by atoms with van der Waals surface area (Å²) < 4.78 is 33.2. The van der Waals surface area contributed by atoms with E-state index in [0.717, 1.165) is 11.1 Å². The highest BCUT2D eigenvalue weighted by Gasteiger charge is 2.34. The number of hydrogen-bond donors (Lipinski definition) is 1. The van der Waals surface area contributed by atoms with Gasteiger partial charge in [-0.15, -0.1) is 0 Å². The molecule has 2 heterocycles. The van der Waals surface area contributed by atoms with Gasteiger partial charge in [-0.25, -0.2) is 8.42 Å². The quantitative estimate of drug-likeness (QED) is 0.572. The molecule has 1 aliphatic heterocycles.